The van der Waals surface area contributed by atoms with Gasteiger partial charge in [-0.1, -0.05) is 10.6 Å². The number of aromatic nitrogens is 2. The van der Waals surface area contributed by atoms with Gasteiger partial charge in [-0.3, -0.25) is 3.53 Å². The first-order valence-corrected chi connectivity index (χ1v) is 17.2. The van der Waals surface area contributed by atoms with E-state index in [1.165, 1.54) is 5.69 Å². The molecule has 0 radical (unpaired) electrons. The van der Waals surface area contributed by atoms with Crippen LogP contribution in [0.3, 0.4) is 0 Å². The van der Waals surface area contributed by atoms with Crippen molar-refractivity contribution in [1.29, 1.82) is 0 Å². The van der Waals surface area contributed by atoms with Gasteiger partial charge >= 0.3 is 0 Å². The van der Waals surface area contributed by atoms with Crippen LogP contribution in [-0.2, 0) is 16.6 Å². The number of hydrogen-bond acceptors (Lipinski definition) is 9. The normalized spacial score (nSPS) is 14.8. The average Bonchev–Trinajstić information content (AvgIpc) is 2.88. The first-order chi connectivity index (χ1) is 18.9. The Hall–Kier alpha value is -2.65. The van der Waals surface area contributed by atoms with Crippen LogP contribution < -0.4 is 23.8 Å². The fraction of sp³-hybridized carbons (Fsp3) is 0.393. The number of benzene rings is 2. The summed E-state index contributed by atoms with van der Waals surface area (Å²) < 4.78 is 35.9. The van der Waals surface area contributed by atoms with Crippen molar-refractivity contribution in [3.8, 4) is 0 Å². The minimum Gasteiger partial charge on any atom is -0.369 e. The quantitative estimate of drug-likeness (QED) is 0.182. The van der Waals surface area contributed by atoms with Gasteiger partial charge in [-0.15, -0.1) is 0 Å². The van der Waals surface area contributed by atoms with Gasteiger partial charge in [-0.05, 0) is 98.2 Å². The number of likely N-dealkylation sites (N-methyl/N-ethyl adjacent to an activating group) is 1. The molecule has 2 aromatic carbocycles. The monoisotopic (exact) mass is 678 g/mol. The highest BCUT2D eigenvalue weighted by Crippen LogP contribution is 2.27. The second-order valence-electron chi connectivity index (χ2n) is 10.9. The topological polar surface area (TPSA) is 115 Å². The number of halogens is 1. The standard InChI is InChI=1S/C28H39IN8O2S/c1-20-25(19-30-29-5)26(32-22-8-7-9-24(18-22)40(38,39)35-28(2,3)4)34-27(31-20)33-21-10-12-23(13-11-21)37-16-14-36(6)15-17-37/h7-13,18,30,35H,5,14-17,19H2,1-4,6H3,(H2,31,32,33,34). The highest BCUT2D eigenvalue weighted by atomic mass is 127. The summed E-state index contributed by atoms with van der Waals surface area (Å²) in [5, 5.41) is 6.67. The van der Waals surface area contributed by atoms with Gasteiger partial charge < -0.3 is 20.4 Å². The maximum Gasteiger partial charge on any atom is 0.241 e. The first-order valence-electron chi connectivity index (χ1n) is 13.1. The Labute approximate surface area is 248 Å². The zero-order valence-corrected chi connectivity index (χ0v) is 26.7. The van der Waals surface area contributed by atoms with E-state index in [1.807, 2.05) is 45.9 Å². The Bertz CT molecular complexity index is 1430. The summed E-state index contributed by atoms with van der Waals surface area (Å²) in [7, 11) is -1.53. The van der Waals surface area contributed by atoms with E-state index in [2.05, 4.69) is 52.4 Å². The van der Waals surface area contributed by atoms with Gasteiger partial charge in [-0.25, -0.2) is 18.1 Å². The molecule has 0 bridgehead atoms. The predicted molar refractivity (Wildman–Crippen MR) is 174 cm³/mol. The Morgan fingerprint density at radius 1 is 0.975 bits per heavy atom. The molecule has 10 nitrogen and oxygen atoms in total. The maximum absolute atomic E-state index is 12.9. The van der Waals surface area contributed by atoms with Crippen molar-refractivity contribution >= 4 is 64.4 Å². The molecule has 4 N–H and O–H groups in total. The van der Waals surface area contributed by atoms with Crippen LogP contribution in [0.5, 0.6) is 0 Å². The number of hydrogen-bond donors (Lipinski definition) is 4. The molecule has 4 rings (SSSR count). The molecule has 1 aliphatic rings. The molecule has 0 unspecified atom stereocenters. The van der Waals surface area contributed by atoms with E-state index in [9.17, 15) is 8.42 Å². The number of nitrogens with zero attached hydrogens (tertiary/aromatic N) is 4. The second kappa shape index (κ2) is 12.9. The molecule has 0 spiro atoms. The Morgan fingerprint density at radius 2 is 1.68 bits per heavy atom. The maximum atomic E-state index is 12.9. The minimum absolute atomic E-state index is 0.181. The molecule has 1 aromatic heterocycles. The molecule has 1 saturated heterocycles. The highest BCUT2D eigenvalue weighted by molar-refractivity contribution is 14.2. The summed E-state index contributed by atoms with van der Waals surface area (Å²) in [4.78, 5) is 14.4. The zero-order chi connectivity index (χ0) is 28.9. The van der Waals surface area contributed by atoms with Crippen molar-refractivity contribution in [3.05, 3.63) is 59.8 Å². The van der Waals surface area contributed by atoms with Gasteiger partial charge in [0.15, 0.2) is 0 Å². The molecule has 1 fully saturated rings. The van der Waals surface area contributed by atoms with Crippen LogP contribution in [0.25, 0.3) is 0 Å². The minimum atomic E-state index is -3.69. The number of rotatable bonds is 10. The summed E-state index contributed by atoms with van der Waals surface area (Å²) in [5.41, 5.74) is 3.83. The van der Waals surface area contributed by atoms with Gasteiger partial charge in [0.1, 0.15) is 5.82 Å². The van der Waals surface area contributed by atoms with E-state index >= 15 is 0 Å². The van der Waals surface area contributed by atoms with E-state index in [0.717, 1.165) is 43.1 Å². The van der Waals surface area contributed by atoms with E-state index < -0.39 is 36.6 Å². The Balaban J connectivity index is 1.58. The summed E-state index contributed by atoms with van der Waals surface area (Å²) in [5.74, 6) is 1.06. The van der Waals surface area contributed by atoms with Crippen LogP contribution in [0, 0.1) is 6.92 Å². The first kappa shape index (κ1) is 30.3. The van der Waals surface area contributed by atoms with Gasteiger partial charge in [0.05, 0.1) is 4.90 Å². The largest absolute Gasteiger partial charge is 0.369 e. The van der Waals surface area contributed by atoms with Crippen LogP contribution in [0.2, 0.25) is 0 Å². The van der Waals surface area contributed by atoms with E-state index in [1.54, 1.807) is 18.2 Å². The third-order valence-corrected chi connectivity index (χ3v) is 9.07. The Kier molecular flexibility index (Phi) is 9.77. The molecule has 1 aliphatic heterocycles. The lowest BCUT2D eigenvalue weighted by Crippen LogP contribution is -2.44. The number of anilines is 5. The number of nitrogens with one attached hydrogen (secondary N) is 4. The number of piperazine rings is 1. The molecular weight excluding hydrogens is 639 g/mol. The van der Waals surface area contributed by atoms with Gasteiger partial charge in [0.2, 0.25) is 16.0 Å². The van der Waals surface area contributed by atoms with Crippen molar-refractivity contribution in [2.75, 3.05) is 48.8 Å². The lowest BCUT2D eigenvalue weighted by molar-refractivity contribution is 0.313. The molecule has 2 heterocycles. The lowest BCUT2D eigenvalue weighted by atomic mass is 10.1. The summed E-state index contributed by atoms with van der Waals surface area (Å²) >= 11 is -0.393. The molecule has 216 valence electrons. The van der Waals surface area contributed by atoms with Crippen molar-refractivity contribution < 1.29 is 8.42 Å². The summed E-state index contributed by atoms with van der Waals surface area (Å²) in [6, 6.07) is 15.1. The van der Waals surface area contributed by atoms with Gasteiger partial charge in [-0.2, -0.15) is 4.98 Å². The molecule has 0 amide bonds. The van der Waals surface area contributed by atoms with Crippen LogP contribution in [0.1, 0.15) is 32.0 Å². The van der Waals surface area contributed by atoms with Crippen LogP contribution in [-0.4, -0.2) is 66.6 Å². The molecule has 0 saturated carbocycles. The van der Waals surface area contributed by atoms with E-state index in [4.69, 9.17) is 9.97 Å². The molecule has 12 heteroatoms. The summed E-state index contributed by atoms with van der Waals surface area (Å²) in [6.45, 7) is 12.1. The van der Waals surface area contributed by atoms with Gasteiger partial charge in [0.25, 0.3) is 0 Å². The zero-order valence-electron chi connectivity index (χ0n) is 23.8. The fourth-order valence-corrected chi connectivity index (χ4v) is 6.49. The van der Waals surface area contributed by atoms with Crippen LogP contribution in [0.15, 0.2) is 53.4 Å². The predicted octanol–water partition coefficient (Wildman–Crippen LogP) is 4.51. The van der Waals surface area contributed by atoms with Crippen molar-refractivity contribution in [2.24, 2.45) is 0 Å². The number of aryl methyl sites for hydroxylation is 1. The Morgan fingerprint density at radius 3 is 2.33 bits per heavy atom. The highest BCUT2D eigenvalue weighted by Gasteiger charge is 2.22. The van der Waals surface area contributed by atoms with Crippen molar-refractivity contribution in [2.45, 2.75) is 44.7 Å². The molecule has 40 heavy (non-hydrogen) atoms. The molecule has 0 atom stereocenters. The average molecular weight is 679 g/mol. The third kappa shape index (κ3) is 8.19. The van der Waals surface area contributed by atoms with Crippen LogP contribution in [0.4, 0.5) is 28.8 Å². The second-order valence-corrected chi connectivity index (χ2v) is 14.1. The molecular formula is C28H39IN8O2S. The van der Waals surface area contributed by atoms with Crippen LogP contribution >= 0.6 is 21.0 Å². The molecule has 3 aromatic rings. The van der Waals surface area contributed by atoms with Gasteiger partial charge in [0, 0.05) is 66.6 Å². The number of sulfonamides is 1. The van der Waals surface area contributed by atoms with Crippen molar-refractivity contribution in [1.82, 2.24) is 23.1 Å². The van der Waals surface area contributed by atoms with E-state index in [0.29, 0.717) is 24.0 Å². The third-order valence-electron chi connectivity index (χ3n) is 6.39. The van der Waals surface area contributed by atoms with E-state index in [-0.39, 0.29) is 4.90 Å². The fourth-order valence-electron chi connectivity index (χ4n) is 4.37. The smallest absolute Gasteiger partial charge is 0.241 e. The molecule has 0 aliphatic carbocycles. The SMILES string of the molecule is C=INCc1c(C)nc(Nc2ccc(N3CCN(C)CC3)cc2)nc1Nc1cccc(S(=O)(=O)NC(C)(C)C)c1. The summed E-state index contributed by atoms with van der Waals surface area (Å²) in [6.07, 6.45) is 0. The van der Waals surface area contributed by atoms with Crippen molar-refractivity contribution in [3.63, 3.8) is 0 Å². The lowest BCUT2D eigenvalue weighted by Gasteiger charge is -2.34.